The summed E-state index contributed by atoms with van der Waals surface area (Å²) >= 11 is 0. The van der Waals surface area contributed by atoms with Crippen molar-refractivity contribution in [3.05, 3.63) is 30.5 Å². The molecule has 1 aromatic heterocycles. The molecule has 0 radical (unpaired) electrons. The number of benzene rings is 1. The zero-order valence-corrected chi connectivity index (χ0v) is 8.19. The van der Waals surface area contributed by atoms with Gasteiger partial charge in [0.25, 0.3) is 0 Å². The van der Waals surface area contributed by atoms with E-state index >= 15 is 0 Å². The molecule has 0 amide bonds. The number of aromatic nitrogens is 2. The van der Waals surface area contributed by atoms with Crippen molar-refractivity contribution in [1.82, 2.24) is 9.78 Å². The highest BCUT2D eigenvalue weighted by Gasteiger charge is 1.99. The Morgan fingerprint density at radius 2 is 2.07 bits per heavy atom. The van der Waals surface area contributed by atoms with Gasteiger partial charge in [0.15, 0.2) is 0 Å². The molecule has 0 aliphatic heterocycles. The van der Waals surface area contributed by atoms with Gasteiger partial charge >= 0.3 is 0 Å². The molecule has 0 unspecified atom stereocenters. The molecule has 1 heterocycles. The fraction of sp³-hybridized carbons (Fsp3) is 0.364. The molecular formula is C11H15N3. The van der Waals surface area contributed by atoms with Crippen LogP contribution in [0.4, 0.5) is 0 Å². The number of nitrogens with two attached hydrogens (primary N) is 1. The van der Waals surface area contributed by atoms with Gasteiger partial charge in [0.05, 0.1) is 11.7 Å². The van der Waals surface area contributed by atoms with E-state index in [0.717, 1.165) is 25.9 Å². The Kier molecular flexibility index (Phi) is 2.79. The van der Waals surface area contributed by atoms with E-state index < -0.39 is 0 Å². The lowest BCUT2D eigenvalue weighted by Gasteiger charge is -2.01. The van der Waals surface area contributed by atoms with Gasteiger partial charge in [-0.25, -0.2) is 0 Å². The van der Waals surface area contributed by atoms with E-state index in [1.807, 2.05) is 23.0 Å². The van der Waals surface area contributed by atoms with Crippen molar-refractivity contribution < 1.29 is 0 Å². The summed E-state index contributed by atoms with van der Waals surface area (Å²) in [4.78, 5) is 0. The average molecular weight is 189 g/mol. The van der Waals surface area contributed by atoms with Crippen molar-refractivity contribution in [1.29, 1.82) is 0 Å². The van der Waals surface area contributed by atoms with E-state index in [1.165, 1.54) is 10.9 Å². The molecule has 0 spiro atoms. The Morgan fingerprint density at radius 3 is 2.93 bits per heavy atom. The Labute approximate surface area is 83.5 Å². The lowest BCUT2D eigenvalue weighted by Crippen LogP contribution is -2.04. The number of unbranched alkanes of at least 4 members (excludes halogenated alkanes) is 1. The van der Waals surface area contributed by atoms with Crippen molar-refractivity contribution in [2.24, 2.45) is 5.73 Å². The third kappa shape index (κ3) is 1.77. The van der Waals surface area contributed by atoms with Crippen LogP contribution in [-0.4, -0.2) is 16.3 Å². The predicted octanol–water partition coefficient (Wildman–Crippen LogP) is 1.78. The van der Waals surface area contributed by atoms with Crippen molar-refractivity contribution in [2.75, 3.05) is 6.54 Å². The van der Waals surface area contributed by atoms with Crippen LogP contribution in [0.2, 0.25) is 0 Å². The predicted molar refractivity (Wildman–Crippen MR) is 58.0 cm³/mol. The third-order valence-electron chi connectivity index (χ3n) is 2.38. The lowest BCUT2D eigenvalue weighted by atomic mass is 10.2. The summed E-state index contributed by atoms with van der Waals surface area (Å²) in [5.74, 6) is 0. The summed E-state index contributed by atoms with van der Waals surface area (Å²) < 4.78 is 2.05. The minimum atomic E-state index is 0.763. The highest BCUT2D eigenvalue weighted by Crippen LogP contribution is 2.12. The molecule has 74 valence electrons. The van der Waals surface area contributed by atoms with Gasteiger partial charge in [-0.1, -0.05) is 18.2 Å². The molecule has 0 saturated heterocycles. The van der Waals surface area contributed by atoms with Gasteiger partial charge in [0, 0.05) is 11.9 Å². The number of fused-ring (bicyclic) bond motifs is 1. The van der Waals surface area contributed by atoms with Gasteiger partial charge in [-0.3, -0.25) is 4.68 Å². The first-order valence-corrected chi connectivity index (χ1v) is 5.02. The summed E-state index contributed by atoms with van der Waals surface area (Å²) in [5.41, 5.74) is 6.66. The SMILES string of the molecule is NCCCCn1ncc2ccccc21. The first-order chi connectivity index (χ1) is 6.92. The van der Waals surface area contributed by atoms with E-state index in [1.54, 1.807) is 0 Å². The Balaban J connectivity index is 2.17. The van der Waals surface area contributed by atoms with Gasteiger partial charge in [-0.05, 0) is 25.5 Å². The van der Waals surface area contributed by atoms with Crippen LogP contribution in [-0.2, 0) is 6.54 Å². The highest BCUT2D eigenvalue weighted by molar-refractivity contribution is 5.78. The van der Waals surface area contributed by atoms with Gasteiger partial charge in [0.2, 0.25) is 0 Å². The molecule has 0 aliphatic rings. The van der Waals surface area contributed by atoms with Crippen LogP contribution in [0, 0.1) is 0 Å². The zero-order valence-electron chi connectivity index (χ0n) is 8.19. The van der Waals surface area contributed by atoms with Gasteiger partial charge < -0.3 is 5.73 Å². The molecule has 2 rings (SSSR count). The third-order valence-corrected chi connectivity index (χ3v) is 2.38. The smallest absolute Gasteiger partial charge is 0.0682 e. The summed E-state index contributed by atoms with van der Waals surface area (Å²) in [6.07, 6.45) is 4.08. The maximum absolute atomic E-state index is 5.45. The van der Waals surface area contributed by atoms with E-state index in [-0.39, 0.29) is 0 Å². The lowest BCUT2D eigenvalue weighted by molar-refractivity contribution is 0.576. The van der Waals surface area contributed by atoms with Crippen LogP contribution >= 0.6 is 0 Å². The Morgan fingerprint density at radius 1 is 1.21 bits per heavy atom. The van der Waals surface area contributed by atoms with Crippen LogP contribution in [0.25, 0.3) is 10.9 Å². The molecule has 1 aromatic carbocycles. The topological polar surface area (TPSA) is 43.8 Å². The quantitative estimate of drug-likeness (QED) is 0.745. The normalized spacial score (nSPS) is 10.9. The minimum absolute atomic E-state index is 0.763. The molecule has 14 heavy (non-hydrogen) atoms. The number of rotatable bonds is 4. The molecule has 3 heteroatoms. The van der Waals surface area contributed by atoms with E-state index in [4.69, 9.17) is 5.73 Å². The Hall–Kier alpha value is -1.35. The van der Waals surface area contributed by atoms with Gasteiger partial charge in [0.1, 0.15) is 0 Å². The number of hydrogen-bond acceptors (Lipinski definition) is 2. The van der Waals surface area contributed by atoms with Crippen LogP contribution in [0.3, 0.4) is 0 Å². The van der Waals surface area contributed by atoms with Crippen LogP contribution in [0.5, 0.6) is 0 Å². The fourth-order valence-electron chi connectivity index (χ4n) is 1.61. The number of para-hydroxylation sites is 1. The second-order valence-corrected chi connectivity index (χ2v) is 3.42. The van der Waals surface area contributed by atoms with Gasteiger partial charge in [-0.2, -0.15) is 5.10 Å². The standard InChI is InChI=1S/C11H15N3/c12-7-3-4-8-14-11-6-2-1-5-10(11)9-13-14/h1-2,5-6,9H,3-4,7-8,12H2. The van der Waals surface area contributed by atoms with Crippen molar-refractivity contribution in [3.8, 4) is 0 Å². The molecule has 2 N–H and O–H groups in total. The molecule has 0 fully saturated rings. The number of hydrogen-bond donors (Lipinski definition) is 1. The average Bonchev–Trinajstić information content (AvgIpc) is 2.63. The Bertz CT molecular complexity index is 406. The second-order valence-electron chi connectivity index (χ2n) is 3.42. The van der Waals surface area contributed by atoms with Crippen molar-refractivity contribution in [3.63, 3.8) is 0 Å². The molecule has 0 saturated carbocycles. The van der Waals surface area contributed by atoms with E-state index in [9.17, 15) is 0 Å². The maximum atomic E-state index is 5.45. The van der Waals surface area contributed by atoms with Crippen LogP contribution in [0.1, 0.15) is 12.8 Å². The van der Waals surface area contributed by atoms with Crippen molar-refractivity contribution in [2.45, 2.75) is 19.4 Å². The maximum Gasteiger partial charge on any atom is 0.0682 e. The minimum Gasteiger partial charge on any atom is -0.330 e. The molecule has 0 atom stereocenters. The number of aryl methyl sites for hydroxylation is 1. The number of nitrogens with zero attached hydrogens (tertiary/aromatic N) is 2. The van der Waals surface area contributed by atoms with Crippen LogP contribution < -0.4 is 5.73 Å². The first kappa shape index (κ1) is 9.21. The second kappa shape index (κ2) is 4.24. The summed E-state index contributed by atoms with van der Waals surface area (Å²) in [6, 6.07) is 8.27. The summed E-state index contributed by atoms with van der Waals surface area (Å²) in [5, 5.41) is 5.55. The first-order valence-electron chi connectivity index (χ1n) is 5.02. The molecule has 3 nitrogen and oxygen atoms in total. The van der Waals surface area contributed by atoms with E-state index in [2.05, 4.69) is 17.2 Å². The summed E-state index contributed by atoms with van der Waals surface area (Å²) in [7, 11) is 0. The fourth-order valence-corrected chi connectivity index (χ4v) is 1.61. The van der Waals surface area contributed by atoms with E-state index in [0.29, 0.717) is 0 Å². The zero-order chi connectivity index (χ0) is 9.80. The molecule has 2 aromatic rings. The monoisotopic (exact) mass is 189 g/mol. The highest BCUT2D eigenvalue weighted by atomic mass is 15.3. The molecule has 0 aliphatic carbocycles. The van der Waals surface area contributed by atoms with Crippen molar-refractivity contribution >= 4 is 10.9 Å². The molecule has 0 bridgehead atoms. The van der Waals surface area contributed by atoms with Gasteiger partial charge in [-0.15, -0.1) is 0 Å². The summed E-state index contributed by atoms with van der Waals surface area (Å²) in [6.45, 7) is 1.73. The molecular weight excluding hydrogens is 174 g/mol. The van der Waals surface area contributed by atoms with Crippen LogP contribution in [0.15, 0.2) is 30.5 Å². The largest absolute Gasteiger partial charge is 0.330 e.